The van der Waals surface area contributed by atoms with E-state index in [2.05, 4.69) is 81.9 Å². The van der Waals surface area contributed by atoms with Crippen LogP contribution < -0.4 is 0 Å². The summed E-state index contributed by atoms with van der Waals surface area (Å²) in [6.45, 7) is 27.3. The number of nitrogens with zero attached hydrogens (tertiary/aromatic N) is 4. The molecular weight excluding hydrogens is 272 g/mol. The second kappa shape index (κ2) is 11.4. The van der Waals surface area contributed by atoms with E-state index >= 15 is 0 Å². The van der Waals surface area contributed by atoms with E-state index in [0.29, 0.717) is 18.5 Å². The second-order valence-electron chi connectivity index (χ2n) is 6.01. The molecule has 3 unspecified atom stereocenters. The van der Waals surface area contributed by atoms with Crippen molar-refractivity contribution in [3.05, 3.63) is 0 Å². The monoisotopic (exact) mass is 314 g/mol. The maximum absolute atomic E-state index is 2.69. The molecule has 0 aliphatic rings. The van der Waals surface area contributed by atoms with Crippen LogP contribution in [0.1, 0.15) is 62.3 Å². The van der Waals surface area contributed by atoms with Crippen molar-refractivity contribution in [1.82, 2.24) is 19.6 Å². The Hall–Kier alpha value is -0.160. The Morgan fingerprint density at radius 3 is 0.773 bits per heavy atom. The van der Waals surface area contributed by atoms with Gasteiger partial charge in [0.2, 0.25) is 0 Å². The molecule has 4 heteroatoms. The summed E-state index contributed by atoms with van der Waals surface area (Å²) in [6, 6.07) is 0. The van der Waals surface area contributed by atoms with Gasteiger partial charge in [0.05, 0.1) is 18.5 Å². The van der Waals surface area contributed by atoms with Crippen molar-refractivity contribution in [1.29, 1.82) is 0 Å². The highest BCUT2D eigenvalue weighted by molar-refractivity contribution is 4.79. The smallest absolute Gasteiger partial charge is 0.0621 e. The maximum atomic E-state index is 2.69. The summed E-state index contributed by atoms with van der Waals surface area (Å²) in [5.41, 5.74) is 0. The van der Waals surface area contributed by atoms with Gasteiger partial charge in [0.25, 0.3) is 0 Å². The van der Waals surface area contributed by atoms with E-state index in [9.17, 15) is 0 Å². The lowest BCUT2D eigenvalue weighted by atomic mass is 10.2. The first-order valence-corrected chi connectivity index (χ1v) is 9.42. The topological polar surface area (TPSA) is 13.0 Å². The van der Waals surface area contributed by atoms with Crippen molar-refractivity contribution in [3.63, 3.8) is 0 Å². The zero-order valence-electron chi connectivity index (χ0n) is 16.8. The van der Waals surface area contributed by atoms with Crippen LogP contribution >= 0.6 is 0 Å². The Balaban J connectivity index is 5.45. The first-order chi connectivity index (χ1) is 10.4. The van der Waals surface area contributed by atoms with Crippen LogP contribution in [0.4, 0.5) is 0 Å². The Kier molecular flexibility index (Phi) is 11.3. The molecule has 0 rings (SSSR count). The van der Waals surface area contributed by atoms with Gasteiger partial charge in [-0.2, -0.15) is 0 Å². The molecule has 0 bridgehead atoms. The minimum Gasteiger partial charge on any atom is -0.289 e. The molecule has 0 saturated carbocycles. The third-order valence-corrected chi connectivity index (χ3v) is 5.32. The average Bonchev–Trinajstić information content (AvgIpc) is 2.51. The molecular formula is C18H42N4. The summed E-state index contributed by atoms with van der Waals surface area (Å²) in [6.07, 6.45) is 1.34. The summed E-state index contributed by atoms with van der Waals surface area (Å²) >= 11 is 0. The Labute approximate surface area is 140 Å². The predicted octanol–water partition coefficient (Wildman–Crippen LogP) is 3.35. The van der Waals surface area contributed by atoms with Gasteiger partial charge in [-0.05, 0) is 60.0 Å². The lowest BCUT2D eigenvalue weighted by Crippen LogP contribution is -2.62. The van der Waals surface area contributed by atoms with E-state index in [-0.39, 0.29) is 0 Å². The Morgan fingerprint density at radius 1 is 0.455 bits per heavy atom. The highest BCUT2D eigenvalue weighted by atomic mass is 15.5. The molecule has 134 valence electrons. The van der Waals surface area contributed by atoms with Crippen molar-refractivity contribution >= 4 is 0 Å². The quantitative estimate of drug-likeness (QED) is 0.512. The zero-order valence-corrected chi connectivity index (χ0v) is 16.8. The van der Waals surface area contributed by atoms with Crippen molar-refractivity contribution < 1.29 is 0 Å². The summed E-state index contributed by atoms with van der Waals surface area (Å²) < 4.78 is 0. The molecule has 0 aromatic rings. The maximum Gasteiger partial charge on any atom is 0.0621 e. The molecule has 0 aliphatic carbocycles. The zero-order chi connectivity index (χ0) is 17.3. The Bertz CT molecular complexity index is 217. The van der Waals surface area contributed by atoms with Gasteiger partial charge in [0.15, 0.2) is 0 Å². The standard InChI is InChI=1S/C18H42N4/c1-10-19(11-2)16(7)22(17(8)20(12-3)13-4)18(9)21(14-5)15-6/h16-18H,10-15H2,1-9H3. The van der Waals surface area contributed by atoms with Gasteiger partial charge in [-0.25, -0.2) is 0 Å². The predicted molar refractivity (Wildman–Crippen MR) is 99.0 cm³/mol. The molecule has 0 spiro atoms. The number of hydrogen-bond donors (Lipinski definition) is 0. The highest BCUT2D eigenvalue weighted by Gasteiger charge is 2.32. The first kappa shape index (κ1) is 21.8. The van der Waals surface area contributed by atoms with Crippen LogP contribution in [0.5, 0.6) is 0 Å². The first-order valence-electron chi connectivity index (χ1n) is 9.42. The second-order valence-corrected chi connectivity index (χ2v) is 6.01. The molecule has 0 saturated heterocycles. The van der Waals surface area contributed by atoms with Crippen LogP contribution in [0.15, 0.2) is 0 Å². The molecule has 0 fully saturated rings. The van der Waals surface area contributed by atoms with E-state index < -0.39 is 0 Å². The van der Waals surface area contributed by atoms with Crippen LogP contribution in [0.25, 0.3) is 0 Å². The fraction of sp³-hybridized carbons (Fsp3) is 1.00. The van der Waals surface area contributed by atoms with Crippen molar-refractivity contribution in [2.45, 2.75) is 80.8 Å². The van der Waals surface area contributed by atoms with Crippen LogP contribution in [-0.2, 0) is 0 Å². The van der Waals surface area contributed by atoms with Gasteiger partial charge in [0.1, 0.15) is 0 Å². The molecule has 4 nitrogen and oxygen atoms in total. The molecule has 0 aliphatic heterocycles. The molecule has 22 heavy (non-hydrogen) atoms. The summed E-state index contributed by atoms with van der Waals surface area (Å²) in [5, 5.41) is 0. The largest absolute Gasteiger partial charge is 0.289 e. The Morgan fingerprint density at radius 2 is 0.636 bits per heavy atom. The van der Waals surface area contributed by atoms with Crippen LogP contribution in [-0.4, -0.2) is 77.4 Å². The molecule has 0 N–H and O–H groups in total. The lowest BCUT2D eigenvalue weighted by Gasteiger charge is -2.49. The minimum atomic E-state index is 0.446. The van der Waals surface area contributed by atoms with E-state index in [0.717, 1.165) is 39.3 Å². The van der Waals surface area contributed by atoms with Gasteiger partial charge >= 0.3 is 0 Å². The summed E-state index contributed by atoms with van der Waals surface area (Å²) in [7, 11) is 0. The fourth-order valence-corrected chi connectivity index (χ4v) is 3.76. The normalized spacial score (nSPS) is 16.8. The average molecular weight is 315 g/mol. The summed E-state index contributed by atoms with van der Waals surface area (Å²) in [5.74, 6) is 0. The SMILES string of the molecule is CCN(CC)C(C)N(C(C)N(CC)CC)C(C)N(CC)CC. The van der Waals surface area contributed by atoms with Crippen molar-refractivity contribution in [2.24, 2.45) is 0 Å². The van der Waals surface area contributed by atoms with E-state index in [4.69, 9.17) is 0 Å². The lowest BCUT2D eigenvalue weighted by molar-refractivity contribution is -0.0940. The van der Waals surface area contributed by atoms with Crippen LogP contribution in [0.3, 0.4) is 0 Å². The fourth-order valence-electron chi connectivity index (χ4n) is 3.76. The molecule has 3 atom stereocenters. The van der Waals surface area contributed by atoms with Crippen LogP contribution in [0.2, 0.25) is 0 Å². The van der Waals surface area contributed by atoms with Gasteiger partial charge in [-0.1, -0.05) is 41.5 Å². The highest BCUT2D eigenvalue weighted by Crippen LogP contribution is 2.19. The minimum absolute atomic E-state index is 0.446. The summed E-state index contributed by atoms with van der Waals surface area (Å²) in [4.78, 5) is 10.4. The number of rotatable bonds is 12. The molecule has 0 radical (unpaired) electrons. The number of hydrogen-bond acceptors (Lipinski definition) is 4. The molecule has 0 aromatic heterocycles. The van der Waals surface area contributed by atoms with Gasteiger partial charge in [-0.15, -0.1) is 0 Å². The van der Waals surface area contributed by atoms with Gasteiger partial charge < -0.3 is 0 Å². The molecule has 0 heterocycles. The van der Waals surface area contributed by atoms with Crippen molar-refractivity contribution in [3.8, 4) is 0 Å². The third kappa shape index (κ3) is 5.48. The molecule has 0 aromatic carbocycles. The van der Waals surface area contributed by atoms with Gasteiger partial charge in [0, 0.05) is 0 Å². The third-order valence-electron chi connectivity index (χ3n) is 5.32. The van der Waals surface area contributed by atoms with E-state index in [1.165, 1.54) is 0 Å². The van der Waals surface area contributed by atoms with Gasteiger partial charge in [-0.3, -0.25) is 19.6 Å². The molecule has 0 amide bonds. The van der Waals surface area contributed by atoms with E-state index in [1.54, 1.807) is 0 Å². The van der Waals surface area contributed by atoms with Crippen LogP contribution in [0, 0.1) is 0 Å². The van der Waals surface area contributed by atoms with E-state index in [1.807, 2.05) is 0 Å². The van der Waals surface area contributed by atoms with Crippen molar-refractivity contribution in [2.75, 3.05) is 39.3 Å².